The van der Waals surface area contributed by atoms with Gasteiger partial charge >= 0.3 is 0 Å². The van der Waals surface area contributed by atoms with Crippen LogP contribution in [0.3, 0.4) is 0 Å². The van der Waals surface area contributed by atoms with Gasteiger partial charge in [0.1, 0.15) is 7.05 Å². The van der Waals surface area contributed by atoms with Crippen molar-refractivity contribution in [2.24, 2.45) is 0 Å². The summed E-state index contributed by atoms with van der Waals surface area (Å²) < 4.78 is 36.3. The molecule has 0 unspecified atom stereocenters. The fraction of sp³-hybridized carbons (Fsp3) is 0.323. The van der Waals surface area contributed by atoms with Crippen molar-refractivity contribution in [3.63, 3.8) is 0 Å². The van der Waals surface area contributed by atoms with Crippen LogP contribution in [0.15, 0.2) is 94.7 Å². The minimum Gasteiger partial charge on any atom is -0.347 e. The van der Waals surface area contributed by atoms with Crippen molar-refractivity contribution < 1.29 is 33.5 Å². The predicted octanol–water partition coefficient (Wildman–Crippen LogP) is 3.02. The maximum Gasteiger partial charge on any atom is 0.209 e. The molecule has 2 aromatic carbocycles. The molecular weight excluding hydrogens is 535 g/mol. The maximum absolute atomic E-state index is 8.49. The van der Waals surface area contributed by atoms with Crippen LogP contribution in [0.25, 0.3) is 0 Å². The second kappa shape index (κ2) is 10.7. The molecule has 2 aromatic rings. The van der Waals surface area contributed by atoms with Gasteiger partial charge in [0.15, 0.2) is 5.71 Å². The monoisotopic (exact) mass is 568 g/mol. The van der Waals surface area contributed by atoms with Crippen LogP contribution < -0.4 is 23.5 Å². The fourth-order valence-electron chi connectivity index (χ4n) is 5.97. The average molecular weight is 570 g/mol. The molecule has 206 valence electrons. The Bertz CT molecular complexity index is 1440. The summed E-state index contributed by atoms with van der Waals surface area (Å²) in [7, 11) is -0.624. The van der Waals surface area contributed by atoms with E-state index in [2.05, 4.69) is 124 Å². The number of allylic oxidation sites excluding steroid dienone is 8. The summed E-state index contributed by atoms with van der Waals surface area (Å²) in [5, 5.41) is 0.903. The van der Waals surface area contributed by atoms with Gasteiger partial charge in [0.05, 0.1) is 5.41 Å². The van der Waals surface area contributed by atoms with Crippen molar-refractivity contribution in [2.45, 2.75) is 51.4 Å². The van der Waals surface area contributed by atoms with Gasteiger partial charge in [0, 0.05) is 46.6 Å². The van der Waals surface area contributed by atoms with Crippen molar-refractivity contribution in [3.8, 4) is 0 Å². The normalized spacial score (nSPS) is 21.7. The average Bonchev–Trinajstić information content (AvgIpc) is 3.37. The Balaban J connectivity index is 0.000000648. The zero-order valence-electron chi connectivity index (χ0n) is 23.1. The first-order valence-electron chi connectivity index (χ1n) is 12.8. The number of hydrogen-bond donors (Lipinski definition) is 0. The summed E-state index contributed by atoms with van der Waals surface area (Å²) in [6.45, 7) is 9.20. The number of rotatable bonds is 3. The number of likely N-dealkylation sites (N-methyl/N-ethyl adjacent to an activating group) is 1. The van der Waals surface area contributed by atoms with Crippen LogP contribution in [0.2, 0.25) is 0 Å². The number of nitrogens with zero attached hydrogens (tertiary/aromatic N) is 2. The highest BCUT2D eigenvalue weighted by Gasteiger charge is 2.42. The standard InChI is InChI=1S/C31H34ClN2.ClHO4/c1-30(2)23-11-7-9-13-25(23)33(5)27(30)19-17-21-15-16-22(29(21)32)18-20-28-31(3,4)24-12-8-10-14-26(24)34(28)6;2-1(3,4)5/h7-14,17-20H,15-16H2,1-6H3;(H,2,3,4,5)/q+1;/p-1. The summed E-state index contributed by atoms with van der Waals surface area (Å²) in [4.78, 5) is 2.31. The number of hydrogen-bond acceptors (Lipinski definition) is 5. The zero-order valence-corrected chi connectivity index (χ0v) is 24.6. The number of benzene rings is 2. The largest absolute Gasteiger partial charge is 0.347 e. The summed E-state index contributed by atoms with van der Waals surface area (Å²) in [6, 6.07) is 17.4. The molecule has 2 aliphatic heterocycles. The lowest BCUT2D eigenvalue weighted by Crippen LogP contribution is -2.68. The SMILES string of the molecule is CN1/C(=C\C=C2/CCC(/C=C/C3=[N+](C)c4ccccc4C3(C)C)=C2Cl)C(C)(C)c2ccccc21.[O-][Cl+3]([O-])([O-])[O-]. The van der Waals surface area contributed by atoms with Crippen molar-refractivity contribution >= 4 is 28.7 Å². The predicted molar refractivity (Wildman–Crippen MR) is 146 cm³/mol. The van der Waals surface area contributed by atoms with Crippen LogP contribution in [0.4, 0.5) is 11.4 Å². The Kier molecular flexibility index (Phi) is 8.03. The summed E-state index contributed by atoms with van der Waals surface area (Å²) >= 11 is 6.90. The first-order valence-corrected chi connectivity index (χ1v) is 14.4. The van der Waals surface area contributed by atoms with Crippen LogP contribution in [-0.4, -0.2) is 24.4 Å². The van der Waals surface area contributed by atoms with Crippen LogP contribution >= 0.6 is 11.6 Å². The molecule has 5 rings (SSSR count). The molecule has 0 fully saturated rings. The molecule has 0 radical (unpaired) electrons. The first-order chi connectivity index (χ1) is 18.1. The number of para-hydroxylation sites is 2. The van der Waals surface area contributed by atoms with Gasteiger partial charge < -0.3 is 4.90 Å². The third-order valence-electron chi connectivity index (χ3n) is 7.99. The van der Waals surface area contributed by atoms with Gasteiger partial charge in [-0.05, 0) is 55.5 Å². The minimum absolute atomic E-state index is 0.0236. The molecule has 39 heavy (non-hydrogen) atoms. The van der Waals surface area contributed by atoms with E-state index in [1.165, 1.54) is 45.1 Å². The molecule has 0 bridgehead atoms. The maximum atomic E-state index is 8.49. The van der Waals surface area contributed by atoms with E-state index in [-0.39, 0.29) is 10.8 Å². The van der Waals surface area contributed by atoms with Gasteiger partial charge in [-0.2, -0.15) is 4.58 Å². The molecule has 0 atom stereocenters. The molecule has 1 aliphatic carbocycles. The highest BCUT2D eigenvalue weighted by atomic mass is 35.7. The summed E-state index contributed by atoms with van der Waals surface area (Å²) in [5.41, 5.74) is 10.3. The molecule has 8 heteroatoms. The van der Waals surface area contributed by atoms with Crippen LogP contribution in [0, 0.1) is 10.2 Å². The Morgan fingerprint density at radius 3 is 2.05 bits per heavy atom. The van der Waals surface area contributed by atoms with Gasteiger partial charge in [-0.25, -0.2) is 18.6 Å². The smallest absolute Gasteiger partial charge is 0.209 e. The topological polar surface area (TPSA) is 98.5 Å². The lowest BCUT2D eigenvalue weighted by atomic mass is 9.81. The second-order valence-electron chi connectivity index (χ2n) is 11.1. The second-order valence-corrected chi connectivity index (χ2v) is 12.2. The van der Waals surface area contributed by atoms with Crippen molar-refractivity contribution in [1.29, 1.82) is 0 Å². The van der Waals surface area contributed by atoms with E-state index in [1.54, 1.807) is 0 Å². The summed E-state index contributed by atoms with van der Waals surface area (Å²) in [6.07, 6.45) is 11.0. The molecule has 0 saturated heterocycles. The highest BCUT2D eigenvalue weighted by Crippen LogP contribution is 2.47. The van der Waals surface area contributed by atoms with Crippen LogP contribution in [0.1, 0.15) is 51.7 Å². The van der Waals surface area contributed by atoms with Crippen molar-refractivity contribution in [3.05, 3.63) is 106 Å². The van der Waals surface area contributed by atoms with E-state index >= 15 is 0 Å². The Hall–Kier alpha value is -2.71. The molecule has 0 spiro atoms. The molecule has 0 aromatic heterocycles. The molecule has 0 amide bonds. The Morgan fingerprint density at radius 1 is 0.846 bits per heavy atom. The van der Waals surface area contributed by atoms with Crippen LogP contribution in [0.5, 0.6) is 0 Å². The lowest BCUT2D eigenvalue weighted by Gasteiger charge is -2.23. The molecule has 2 heterocycles. The molecular formula is C31H34Cl2N2O4. The first kappa shape index (κ1) is 29.3. The van der Waals surface area contributed by atoms with E-state index in [1.807, 2.05) is 0 Å². The lowest BCUT2D eigenvalue weighted by molar-refractivity contribution is -2.00. The number of anilines is 1. The third-order valence-corrected chi connectivity index (χ3v) is 8.48. The van der Waals surface area contributed by atoms with Gasteiger partial charge in [-0.1, -0.05) is 74.0 Å². The molecule has 0 saturated carbocycles. The van der Waals surface area contributed by atoms with Gasteiger partial charge in [-0.15, -0.1) is 10.2 Å². The molecule has 0 N–H and O–H groups in total. The van der Waals surface area contributed by atoms with E-state index in [9.17, 15) is 0 Å². The molecule has 6 nitrogen and oxygen atoms in total. The highest BCUT2D eigenvalue weighted by molar-refractivity contribution is 6.33. The quantitative estimate of drug-likeness (QED) is 0.530. The van der Waals surface area contributed by atoms with Crippen molar-refractivity contribution in [1.82, 2.24) is 0 Å². The zero-order chi connectivity index (χ0) is 28.8. The van der Waals surface area contributed by atoms with E-state index < -0.39 is 10.2 Å². The van der Waals surface area contributed by atoms with E-state index in [4.69, 9.17) is 30.2 Å². The third kappa shape index (κ3) is 5.78. The Morgan fingerprint density at radius 2 is 1.44 bits per heavy atom. The van der Waals surface area contributed by atoms with E-state index in [0.29, 0.717) is 0 Å². The number of fused-ring (bicyclic) bond motifs is 2. The number of halogens is 2. The molecule has 3 aliphatic rings. The van der Waals surface area contributed by atoms with Gasteiger partial charge in [0.25, 0.3) is 0 Å². The van der Waals surface area contributed by atoms with Gasteiger partial charge in [0.2, 0.25) is 5.69 Å². The van der Waals surface area contributed by atoms with E-state index in [0.717, 1.165) is 17.9 Å². The van der Waals surface area contributed by atoms with Crippen LogP contribution in [-0.2, 0) is 10.8 Å². The summed E-state index contributed by atoms with van der Waals surface area (Å²) in [5.74, 6) is 0. The van der Waals surface area contributed by atoms with Crippen molar-refractivity contribution in [2.75, 3.05) is 19.0 Å². The minimum atomic E-state index is -4.94. The van der Waals surface area contributed by atoms with Gasteiger partial charge in [-0.3, -0.25) is 0 Å². The fourth-order valence-corrected chi connectivity index (χ4v) is 6.29. The Labute approximate surface area is 237 Å².